The average molecular weight is 357 g/mol. The van der Waals surface area contributed by atoms with Crippen molar-refractivity contribution in [1.82, 2.24) is 14.7 Å². The summed E-state index contributed by atoms with van der Waals surface area (Å²) in [6.45, 7) is 3.03. The van der Waals surface area contributed by atoms with Gasteiger partial charge in [-0.1, -0.05) is 30.3 Å². The minimum atomic E-state index is -0.166. The summed E-state index contributed by atoms with van der Waals surface area (Å²) in [6, 6.07) is 10.5. The molecule has 0 aliphatic carbocycles. The molecule has 0 unspecified atom stereocenters. The van der Waals surface area contributed by atoms with Crippen LogP contribution in [0, 0.1) is 5.92 Å². The second-order valence-corrected chi connectivity index (χ2v) is 7.92. The molecule has 0 spiro atoms. The van der Waals surface area contributed by atoms with E-state index in [-0.39, 0.29) is 17.7 Å². The molecule has 0 bridgehead atoms. The summed E-state index contributed by atoms with van der Waals surface area (Å²) >= 11 is 0. The highest BCUT2D eigenvalue weighted by Crippen LogP contribution is 2.25. The van der Waals surface area contributed by atoms with Crippen LogP contribution in [-0.4, -0.2) is 72.8 Å². The Hall–Kier alpha value is -1.88. The van der Waals surface area contributed by atoms with Crippen molar-refractivity contribution >= 4 is 11.8 Å². The maximum atomic E-state index is 13.1. The van der Waals surface area contributed by atoms with Crippen LogP contribution in [0.1, 0.15) is 31.2 Å². The van der Waals surface area contributed by atoms with E-state index in [1.54, 1.807) is 0 Å². The highest BCUT2D eigenvalue weighted by Gasteiger charge is 2.38. The van der Waals surface area contributed by atoms with Crippen LogP contribution in [-0.2, 0) is 16.0 Å². The zero-order valence-electron chi connectivity index (χ0n) is 16.1. The van der Waals surface area contributed by atoms with Gasteiger partial charge in [-0.05, 0) is 45.3 Å². The Bertz CT molecular complexity index is 617. The fraction of sp³-hybridized carbons (Fsp3) is 0.619. The fourth-order valence-corrected chi connectivity index (χ4v) is 4.20. The number of rotatable bonds is 6. The van der Waals surface area contributed by atoms with Gasteiger partial charge >= 0.3 is 0 Å². The van der Waals surface area contributed by atoms with Gasteiger partial charge in [0.25, 0.3) is 0 Å². The van der Waals surface area contributed by atoms with Crippen molar-refractivity contribution in [3.05, 3.63) is 35.9 Å². The lowest BCUT2D eigenvalue weighted by Gasteiger charge is -2.38. The molecule has 2 heterocycles. The van der Waals surface area contributed by atoms with E-state index in [4.69, 9.17) is 0 Å². The smallest absolute Gasteiger partial charge is 0.228 e. The van der Waals surface area contributed by atoms with Crippen molar-refractivity contribution in [3.63, 3.8) is 0 Å². The number of hydrogen-bond donors (Lipinski definition) is 0. The molecule has 2 aliphatic heterocycles. The largest absolute Gasteiger partial charge is 0.342 e. The standard InChI is InChI=1S/C21H31N3O2/c1-22(2)16-19-10-6-7-12-24(19)21(26)18-14-20(25)23(15-18)13-11-17-8-4-3-5-9-17/h3-5,8-9,18-19H,6-7,10-16H2,1-2H3/t18-,19+/m1/s1. The normalized spacial score (nSPS) is 23.7. The number of benzene rings is 1. The Morgan fingerprint density at radius 3 is 2.69 bits per heavy atom. The molecule has 0 radical (unpaired) electrons. The fourth-order valence-electron chi connectivity index (χ4n) is 4.20. The first-order chi connectivity index (χ1) is 12.5. The first-order valence-corrected chi connectivity index (χ1v) is 9.81. The zero-order chi connectivity index (χ0) is 18.5. The zero-order valence-corrected chi connectivity index (χ0v) is 16.1. The molecule has 2 fully saturated rings. The van der Waals surface area contributed by atoms with Crippen LogP contribution in [0.25, 0.3) is 0 Å². The molecule has 1 aromatic rings. The van der Waals surface area contributed by atoms with Gasteiger partial charge in [-0.15, -0.1) is 0 Å². The molecule has 2 amide bonds. The molecule has 0 aromatic heterocycles. The monoisotopic (exact) mass is 357 g/mol. The van der Waals surface area contributed by atoms with E-state index in [0.717, 1.165) is 32.4 Å². The first-order valence-electron chi connectivity index (χ1n) is 9.81. The van der Waals surface area contributed by atoms with Crippen LogP contribution in [0.3, 0.4) is 0 Å². The third-order valence-corrected chi connectivity index (χ3v) is 5.56. The van der Waals surface area contributed by atoms with Gasteiger partial charge in [0.05, 0.1) is 5.92 Å². The highest BCUT2D eigenvalue weighted by atomic mass is 16.2. The molecule has 2 saturated heterocycles. The molecule has 5 nitrogen and oxygen atoms in total. The molecule has 3 rings (SSSR count). The van der Waals surface area contributed by atoms with Crippen molar-refractivity contribution in [2.24, 2.45) is 5.92 Å². The van der Waals surface area contributed by atoms with Gasteiger partial charge in [0.15, 0.2) is 0 Å². The van der Waals surface area contributed by atoms with Gasteiger partial charge < -0.3 is 14.7 Å². The van der Waals surface area contributed by atoms with E-state index in [2.05, 4.69) is 36.0 Å². The summed E-state index contributed by atoms with van der Waals surface area (Å²) in [5.41, 5.74) is 1.23. The number of nitrogens with zero attached hydrogens (tertiary/aromatic N) is 3. The van der Waals surface area contributed by atoms with Crippen molar-refractivity contribution in [2.45, 2.75) is 38.1 Å². The summed E-state index contributed by atoms with van der Waals surface area (Å²) in [4.78, 5) is 31.6. The minimum Gasteiger partial charge on any atom is -0.342 e. The van der Waals surface area contributed by atoms with Crippen molar-refractivity contribution in [3.8, 4) is 0 Å². The first kappa shape index (κ1) is 18.9. The van der Waals surface area contributed by atoms with E-state index in [9.17, 15) is 9.59 Å². The van der Waals surface area contributed by atoms with E-state index in [1.807, 2.05) is 23.1 Å². The average Bonchev–Trinajstić information content (AvgIpc) is 3.01. The molecule has 0 saturated carbocycles. The Morgan fingerprint density at radius 1 is 1.19 bits per heavy atom. The van der Waals surface area contributed by atoms with Gasteiger partial charge in [0.2, 0.25) is 11.8 Å². The number of hydrogen-bond acceptors (Lipinski definition) is 3. The van der Waals surface area contributed by atoms with Crippen LogP contribution < -0.4 is 0 Å². The lowest BCUT2D eigenvalue weighted by atomic mass is 9.98. The second-order valence-electron chi connectivity index (χ2n) is 7.92. The van der Waals surface area contributed by atoms with Crippen LogP contribution in [0.5, 0.6) is 0 Å². The lowest BCUT2D eigenvalue weighted by molar-refractivity contribution is -0.139. The molecule has 1 aromatic carbocycles. The number of likely N-dealkylation sites (tertiary alicyclic amines) is 2. The molecule has 0 N–H and O–H groups in total. The molecule has 2 atom stereocenters. The van der Waals surface area contributed by atoms with Crippen molar-refractivity contribution in [1.29, 1.82) is 0 Å². The molecular weight excluding hydrogens is 326 g/mol. The maximum Gasteiger partial charge on any atom is 0.228 e. The summed E-state index contributed by atoms with van der Waals surface area (Å²) in [7, 11) is 4.11. The number of piperidine rings is 1. The predicted molar refractivity (Wildman–Crippen MR) is 103 cm³/mol. The maximum absolute atomic E-state index is 13.1. The summed E-state index contributed by atoms with van der Waals surface area (Å²) in [6.07, 6.45) is 4.56. The van der Waals surface area contributed by atoms with Crippen LogP contribution in [0.2, 0.25) is 0 Å². The Kier molecular flexibility index (Phi) is 6.30. The van der Waals surface area contributed by atoms with Gasteiger partial charge in [-0.25, -0.2) is 0 Å². The summed E-state index contributed by atoms with van der Waals surface area (Å²) in [5.74, 6) is 0.147. The molecule has 2 aliphatic rings. The molecule has 5 heteroatoms. The number of likely N-dealkylation sites (N-methyl/N-ethyl adjacent to an activating group) is 1. The van der Waals surface area contributed by atoms with E-state index in [1.165, 1.54) is 12.0 Å². The van der Waals surface area contributed by atoms with E-state index >= 15 is 0 Å². The Balaban J connectivity index is 1.57. The summed E-state index contributed by atoms with van der Waals surface area (Å²) in [5, 5.41) is 0. The third-order valence-electron chi connectivity index (χ3n) is 5.56. The quantitative estimate of drug-likeness (QED) is 0.782. The van der Waals surface area contributed by atoms with Crippen molar-refractivity contribution < 1.29 is 9.59 Å². The molecule has 142 valence electrons. The number of amides is 2. The van der Waals surface area contributed by atoms with E-state index in [0.29, 0.717) is 25.6 Å². The van der Waals surface area contributed by atoms with Crippen LogP contribution in [0.4, 0.5) is 0 Å². The molecular formula is C21H31N3O2. The SMILES string of the molecule is CN(C)C[C@@H]1CCCCN1C(=O)[C@@H]1CC(=O)N(CCc2ccccc2)C1. The van der Waals surface area contributed by atoms with Gasteiger partial charge in [0.1, 0.15) is 0 Å². The van der Waals surface area contributed by atoms with Gasteiger partial charge in [-0.3, -0.25) is 9.59 Å². The van der Waals surface area contributed by atoms with Gasteiger partial charge in [-0.2, -0.15) is 0 Å². The van der Waals surface area contributed by atoms with Crippen LogP contribution >= 0.6 is 0 Å². The lowest BCUT2D eigenvalue weighted by Crippen LogP contribution is -2.50. The Morgan fingerprint density at radius 2 is 1.96 bits per heavy atom. The topological polar surface area (TPSA) is 43.9 Å². The highest BCUT2D eigenvalue weighted by molar-refractivity contribution is 5.89. The van der Waals surface area contributed by atoms with Crippen LogP contribution in [0.15, 0.2) is 30.3 Å². The second kappa shape index (κ2) is 8.67. The van der Waals surface area contributed by atoms with E-state index < -0.39 is 0 Å². The molecule has 26 heavy (non-hydrogen) atoms. The predicted octanol–water partition coefficient (Wildman–Crippen LogP) is 2.02. The third kappa shape index (κ3) is 4.64. The summed E-state index contributed by atoms with van der Waals surface area (Å²) < 4.78 is 0. The van der Waals surface area contributed by atoms with Gasteiger partial charge in [0, 0.05) is 38.6 Å². The number of carbonyl (C=O) groups is 2. The Labute approximate surface area is 156 Å². The number of carbonyl (C=O) groups excluding carboxylic acids is 2. The van der Waals surface area contributed by atoms with Crippen molar-refractivity contribution in [2.75, 3.05) is 40.3 Å². The minimum absolute atomic E-state index is 0.125.